The number of anilines is 1. The molecule has 3 aromatic rings. The molecule has 0 atom stereocenters. The highest BCUT2D eigenvalue weighted by atomic mass is 32.2. The van der Waals surface area contributed by atoms with Crippen molar-refractivity contribution in [3.05, 3.63) is 54.2 Å². The first-order chi connectivity index (χ1) is 16.0. The highest BCUT2D eigenvalue weighted by Gasteiger charge is 2.23. The first-order valence-corrected chi connectivity index (χ1v) is 13.4. The maximum Gasteiger partial charge on any atom is 0.152 e. The zero-order chi connectivity index (χ0) is 22.8. The summed E-state index contributed by atoms with van der Waals surface area (Å²) in [4.78, 5) is 2.23. The predicted octanol–water partition coefficient (Wildman–Crippen LogP) is 3.46. The van der Waals surface area contributed by atoms with E-state index in [0.717, 1.165) is 60.6 Å². The van der Waals surface area contributed by atoms with Gasteiger partial charge in [0.15, 0.2) is 9.84 Å². The van der Waals surface area contributed by atoms with Gasteiger partial charge in [0.1, 0.15) is 5.75 Å². The minimum absolute atomic E-state index is 0.243. The van der Waals surface area contributed by atoms with Gasteiger partial charge in [0.25, 0.3) is 0 Å². The molecule has 0 saturated carbocycles. The lowest BCUT2D eigenvalue weighted by Crippen LogP contribution is -2.39. The third kappa shape index (κ3) is 4.88. The number of fused-ring (bicyclic) bond motifs is 1. The summed E-state index contributed by atoms with van der Waals surface area (Å²) >= 11 is 0. The molecule has 8 heteroatoms. The lowest BCUT2D eigenvalue weighted by Gasteiger charge is -2.28. The quantitative estimate of drug-likeness (QED) is 0.596. The van der Waals surface area contributed by atoms with Crippen molar-refractivity contribution in [3.8, 4) is 11.4 Å². The standard InChI is InChI=1S/C25H31N3O4S/c1-31-24-5-3-2-4-23(24)28-9-6-20-16-19(18-27-10-14-33(29,30)15-11-27)17-22(25(20)28)26-21-7-12-32-13-8-21/h2-6,9,16-17,21,26H,7-8,10-15,18H2,1H3. The molecular weight excluding hydrogens is 438 g/mol. The third-order valence-electron chi connectivity index (χ3n) is 6.61. The highest BCUT2D eigenvalue weighted by molar-refractivity contribution is 7.91. The summed E-state index contributed by atoms with van der Waals surface area (Å²) in [5.74, 6) is 1.31. The second-order valence-electron chi connectivity index (χ2n) is 8.90. The Labute approximate surface area is 195 Å². The molecule has 2 saturated heterocycles. The van der Waals surface area contributed by atoms with Gasteiger partial charge in [-0.3, -0.25) is 4.90 Å². The molecule has 2 fully saturated rings. The van der Waals surface area contributed by atoms with Crippen LogP contribution in [0.2, 0.25) is 0 Å². The fourth-order valence-electron chi connectivity index (χ4n) is 4.80. The van der Waals surface area contributed by atoms with Crippen LogP contribution >= 0.6 is 0 Å². The summed E-state index contributed by atoms with van der Waals surface area (Å²) in [5.41, 5.74) is 4.40. The van der Waals surface area contributed by atoms with Crippen molar-refractivity contribution in [3.63, 3.8) is 0 Å². The van der Waals surface area contributed by atoms with Crippen molar-refractivity contribution in [2.24, 2.45) is 0 Å². The van der Waals surface area contributed by atoms with Gasteiger partial charge in [-0.15, -0.1) is 0 Å². The summed E-state index contributed by atoms with van der Waals surface area (Å²) in [5, 5.41) is 4.94. The number of benzene rings is 2. The van der Waals surface area contributed by atoms with Crippen molar-refractivity contribution < 1.29 is 17.9 Å². The largest absolute Gasteiger partial charge is 0.495 e. The van der Waals surface area contributed by atoms with Crippen molar-refractivity contribution in [2.45, 2.75) is 25.4 Å². The molecular formula is C25H31N3O4S. The van der Waals surface area contributed by atoms with E-state index in [9.17, 15) is 8.42 Å². The van der Waals surface area contributed by atoms with Gasteiger partial charge in [-0.25, -0.2) is 8.42 Å². The molecule has 7 nitrogen and oxygen atoms in total. The second kappa shape index (κ2) is 9.37. The third-order valence-corrected chi connectivity index (χ3v) is 8.22. The van der Waals surface area contributed by atoms with E-state index in [-0.39, 0.29) is 11.5 Å². The van der Waals surface area contributed by atoms with Crippen LogP contribution in [0.3, 0.4) is 0 Å². The molecule has 5 rings (SSSR count). The Morgan fingerprint density at radius 3 is 2.61 bits per heavy atom. The number of hydrogen-bond acceptors (Lipinski definition) is 6. The summed E-state index contributed by atoms with van der Waals surface area (Å²) in [6, 6.07) is 15.0. The molecule has 2 aliphatic heterocycles. The molecule has 2 aromatic carbocycles. The summed E-state index contributed by atoms with van der Waals surface area (Å²) in [7, 11) is -1.19. The molecule has 176 valence electrons. The average Bonchev–Trinajstić information content (AvgIpc) is 3.25. The van der Waals surface area contributed by atoms with Gasteiger partial charge in [0.05, 0.1) is 35.5 Å². The lowest BCUT2D eigenvalue weighted by molar-refractivity contribution is 0.0905. The number of nitrogens with one attached hydrogen (secondary N) is 1. The zero-order valence-corrected chi connectivity index (χ0v) is 19.8. The Morgan fingerprint density at radius 1 is 1.09 bits per heavy atom. The number of rotatable bonds is 6. The number of methoxy groups -OCH3 is 1. The van der Waals surface area contributed by atoms with Crippen LogP contribution in [-0.4, -0.2) is 68.8 Å². The molecule has 0 amide bonds. The number of ether oxygens (including phenoxy) is 2. The Balaban J connectivity index is 1.53. The first-order valence-electron chi connectivity index (χ1n) is 11.6. The van der Waals surface area contributed by atoms with E-state index in [1.165, 1.54) is 5.56 Å². The van der Waals surface area contributed by atoms with Crippen LogP contribution in [0.1, 0.15) is 18.4 Å². The van der Waals surface area contributed by atoms with E-state index in [4.69, 9.17) is 9.47 Å². The van der Waals surface area contributed by atoms with Crippen molar-refractivity contribution in [2.75, 3.05) is 50.2 Å². The van der Waals surface area contributed by atoms with Crippen molar-refractivity contribution in [1.29, 1.82) is 0 Å². The molecule has 0 spiro atoms. The van der Waals surface area contributed by atoms with E-state index in [1.54, 1.807) is 7.11 Å². The van der Waals surface area contributed by atoms with Gasteiger partial charge in [-0.1, -0.05) is 12.1 Å². The summed E-state index contributed by atoms with van der Waals surface area (Å²) < 4.78 is 37.0. The average molecular weight is 470 g/mol. The Bertz CT molecular complexity index is 1220. The molecule has 0 unspecified atom stereocenters. The Hall–Kier alpha value is -2.55. The van der Waals surface area contributed by atoms with Crippen molar-refractivity contribution >= 4 is 26.4 Å². The zero-order valence-electron chi connectivity index (χ0n) is 19.0. The van der Waals surface area contributed by atoms with Crippen LogP contribution in [-0.2, 0) is 21.1 Å². The van der Waals surface area contributed by atoms with Crippen molar-refractivity contribution in [1.82, 2.24) is 9.47 Å². The van der Waals surface area contributed by atoms with Crippen LogP contribution < -0.4 is 10.1 Å². The van der Waals surface area contributed by atoms with Crippen LogP contribution in [0.4, 0.5) is 5.69 Å². The number of nitrogens with zero attached hydrogens (tertiary/aromatic N) is 2. The highest BCUT2D eigenvalue weighted by Crippen LogP contribution is 2.34. The predicted molar refractivity (Wildman–Crippen MR) is 131 cm³/mol. The van der Waals surface area contributed by atoms with Crippen LogP contribution in [0.15, 0.2) is 48.7 Å². The number of aromatic nitrogens is 1. The van der Waals surface area contributed by atoms with E-state index in [1.807, 2.05) is 18.2 Å². The molecule has 0 radical (unpaired) electrons. The first kappa shape index (κ1) is 22.3. The molecule has 2 aliphatic rings. The van der Waals surface area contributed by atoms with Gasteiger partial charge >= 0.3 is 0 Å². The van der Waals surface area contributed by atoms with Gasteiger partial charge in [-0.05, 0) is 48.7 Å². The van der Waals surface area contributed by atoms with Gasteiger partial charge in [0.2, 0.25) is 0 Å². The second-order valence-corrected chi connectivity index (χ2v) is 11.2. The molecule has 1 aromatic heterocycles. The van der Waals surface area contributed by atoms with Crippen LogP contribution in [0.25, 0.3) is 16.6 Å². The molecule has 3 heterocycles. The Kier molecular flexibility index (Phi) is 6.32. The topological polar surface area (TPSA) is 72.8 Å². The Morgan fingerprint density at radius 2 is 1.85 bits per heavy atom. The smallest absolute Gasteiger partial charge is 0.152 e. The lowest BCUT2D eigenvalue weighted by atomic mass is 10.1. The van der Waals surface area contributed by atoms with E-state index < -0.39 is 9.84 Å². The molecule has 0 aliphatic carbocycles. The number of para-hydroxylation sites is 2. The van der Waals surface area contributed by atoms with Crippen LogP contribution in [0, 0.1) is 0 Å². The normalized spacial score (nSPS) is 19.5. The van der Waals surface area contributed by atoms with E-state index >= 15 is 0 Å². The summed E-state index contributed by atoms with van der Waals surface area (Å²) in [6.07, 6.45) is 4.05. The van der Waals surface area contributed by atoms with Gasteiger partial charge < -0.3 is 19.4 Å². The molecule has 0 bridgehead atoms. The van der Waals surface area contributed by atoms with E-state index in [2.05, 4.69) is 45.2 Å². The SMILES string of the molecule is COc1ccccc1-n1ccc2cc(CN3CCS(=O)(=O)CC3)cc(NC3CCOCC3)c21. The number of sulfone groups is 1. The fraction of sp³-hybridized carbons (Fsp3) is 0.440. The maximum atomic E-state index is 11.8. The minimum atomic E-state index is -2.88. The van der Waals surface area contributed by atoms with E-state index in [0.29, 0.717) is 19.1 Å². The van der Waals surface area contributed by atoms with Gasteiger partial charge in [-0.2, -0.15) is 0 Å². The summed E-state index contributed by atoms with van der Waals surface area (Å²) in [6.45, 7) is 3.47. The van der Waals surface area contributed by atoms with Crippen LogP contribution in [0.5, 0.6) is 5.75 Å². The monoisotopic (exact) mass is 469 g/mol. The molecule has 33 heavy (non-hydrogen) atoms. The number of hydrogen-bond donors (Lipinski definition) is 1. The minimum Gasteiger partial charge on any atom is -0.495 e. The fourth-order valence-corrected chi connectivity index (χ4v) is 6.08. The molecule has 1 N–H and O–H groups in total. The maximum absolute atomic E-state index is 11.8. The van der Waals surface area contributed by atoms with Gasteiger partial charge in [0, 0.05) is 50.5 Å².